The number of hydrogen-bond donors (Lipinski definition) is 1. The summed E-state index contributed by atoms with van der Waals surface area (Å²) in [7, 11) is 1.56. The Labute approximate surface area is 181 Å². The fraction of sp³-hybridized carbons (Fsp3) is 0.0909. The van der Waals surface area contributed by atoms with Gasteiger partial charge in [0.05, 0.1) is 6.42 Å². The summed E-state index contributed by atoms with van der Waals surface area (Å²) >= 11 is 3.41. The second-order valence-electron chi connectivity index (χ2n) is 6.40. The molecule has 4 aromatic rings. The Balaban J connectivity index is 1.42. The fourth-order valence-electron chi connectivity index (χ4n) is 2.76. The highest BCUT2D eigenvalue weighted by molar-refractivity contribution is 9.10. The average Bonchev–Trinajstić information content (AvgIpc) is 3.24. The summed E-state index contributed by atoms with van der Waals surface area (Å²) in [5.74, 6) is 2.01. The van der Waals surface area contributed by atoms with Gasteiger partial charge in [0.25, 0.3) is 5.91 Å². The minimum Gasteiger partial charge on any atom is -0.457 e. The van der Waals surface area contributed by atoms with Crippen molar-refractivity contribution in [2.24, 2.45) is 0 Å². The van der Waals surface area contributed by atoms with Gasteiger partial charge in [-0.15, -0.1) is 0 Å². The van der Waals surface area contributed by atoms with Gasteiger partial charge in [0.15, 0.2) is 0 Å². The van der Waals surface area contributed by atoms with Crippen LogP contribution in [0.2, 0.25) is 0 Å². The van der Waals surface area contributed by atoms with E-state index >= 15 is 0 Å². The topological polar surface area (TPSA) is 90.1 Å². The number of nitrogens with one attached hydrogen (secondary N) is 1. The molecule has 0 fully saturated rings. The maximum Gasteiger partial charge on any atom is 0.269 e. The van der Waals surface area contributed by atoms with Crippen molar-refractivity contribution in [2.75, 3.05) is 7.05 Å². The van der Waals surface area contributed by atoms with Gasteiger partial charge in [-0.2, -0.15) is 4.98 Å². The molecule has 0 spiro atoms. The highest BCUT2D eigenvalue weighted by Gasteiger charge is 2.10. The first-order chi connectivity index (χ1) is 14.6. The van der Waals surface area contributed by atoms with Crippen LogP contribution in [0.4, 0.5) is 0 Å². The standard InChI is InChI=1S/C22H17BrN4O3/c1-24-22(28)19-13-18(10-11-25-19)29-17-8-2-14(3-9-17)12-20-26-21(27-30-20)15-4-6-16(23)7-5-15/h2-11,13H,12H2,1H3,(H,24,28). The van der Waals surface area contributed by atoms with Gasteiger partial charge in [-0.3, -0.25) is 9.78 Å². The minimum absolute atomic E-state index is 0.266. The first-order valence-electron chi connectivity index (χ1n) is 9.14. The highest BCUT2D eigenvalue weighted by Crippen LogP contribution is 2.23. The predicted octanol–water partition coefficient (Wildman–Crippen LogP) is 4.64. The Hall–Kier alpha value is -3.52. The molecule has 0 saturated heterocycles. The number of ether oxygens (including phenoxy) is 1. The molecule has 0 saturated carbocycles. The highest BCUT2D eigenvalue weighted by atomic mass is 79.9. The van der Waals surface area contributed by atoms with Crippen LogP contribution in [-0.2, 0) is 6.42 Å². The molecule has 30 heavy (non-hydrogen) atoms. The largest absolute Gasteiger partial charge is 0.457 e. The molecular formula is C22H17BrN4O3. The van der Waals surface area contributed by atoms with Crippen LogP contribution in [0.15, 0.2) is 75.9 Å². The number of pyridine rings is 1. The Bertz CT molecular complexity index is 1160. The predicted molar refractivity (Wildman–Crippen MR) is 114 cm³/mol. The number of rotatable bonds is 6. The number of hydrogen-bond acceptors (Lipinski definition) is 6. The lowest BCUT2D eigenvalue weighted by Crippen LogP contribution is -2.18. The third kappa shape index (κ3) is 4.72. The van der Waals surface area contributed by atoms with Gasteiger partial charge < -0.3 is 14.6 Å². The first kappa shape index (κ1) is 19.8. The van der Waals surface area contributed by atoms with Gasteiger partial charge in [-0.25, -0.2) is 0 Å². The normalized spacial score (nSPS) is 10.6. The SMILES string of the molecule is CNC(=O)c1cc(Oc2ccc(Cc3nc(-c4ccc(Br)cc4)no3)cc2)ccn1. The van der Waals surface area contributed by atoms with E-state index in [-0.39, 0.29) is 5.91 Å². The summed E-state index contributed by atoms with van der Waals surface area (Å²) in [5, 5.41) is 6.59. The van der Waals surface area contributed by atoms with E-state index in [1.54, 1.807) is 19.2 Å². The fourth-order valence-corrected chi connectivity index (χ4v) is 3.02. The second kappa shape index (κ2) is 8.87. The maximum atomic E-state index is 11.7. The van der Waals surface area contributed by atoms with Crippen LogP contribution in [-0.4, -0.2) is 28.1 Å². The van der Waals surface area contributed by atoms with E-state index in [2.05, 4.69) is 36.4 Å². The number of carbonyl (C=O) groups excluding carboxylic acids is 1. The molecule has 0 bridgehead atoms. The summed E-state index contributed by atoms with van der Waals surface area (Å²) in [6, 6.07) is 18.6. The molecule has 0 aliphatic rings. The van der Waals surface area contributed by atoms with Crippen molar-refractivity contribution in [3.63, 3.8) is 0 Å². The molecule has 0 radical (unpaired) electrons. The number of halogens is 1. The third-order valence-electron chi connectivity index (χ3n) is 4.28. The van der Waals surface area contributed by atoms with Crippen LogP contribution < -0.4 is 10.1 Å². The maximum absolute atomic E-state index is 11.7. The molecule has 150 valence electrons. The monoisotopic (exact) mass is 464 g/mol. The van der Waals surface area contributed by atoms with E-state index in [1.807, 2.05) is 48.5 Å². The van der Waals surface area contributed by atoms with E-state index in [9.17, 15) is 4.79 Å². The van der Waals surface area contributed by atoms with Crippen LogP contribution in [0.5, 0.6) is 11.5 Å². The lowest BCUT2D eigenvalue weighted by atomic mass is 10.1. The lowest BCUT2D eigenvalue weighted by Gasteiger charge is -2.07. The molecule has 4 rings (SSSR count). The Morgan fingerprint density at radius 2 is 1.83 bits per heavy atom. The van der Waals surface area contributed by atoms with E-state index in [0.29, 0.717) is 35.3 Å². The Kier molecular flexibility index (Phi) is 5.85. The van der Waals surface area contributed by atoms with Crippen molar-refractivity contribution in [1.29, 1.82) is 0 Å². The summed E-state index contributed by atoms with van der Waals surface area (Å²) in [6.45, 7) is 0. The van der Waals surface area contributed by atoms with Gasteiger partial charge in [0.2, 0.25) is 11.7 Å². The molecule has 2 aromatic heterocycles. The number of aromatic nitrogens is 3. The Morgan fingerprint density at radius 1 is 1.07 bits per heavy atom. The quantitative estimate of drug-likeness (QED) is 0.447. The molecule has 0 unspecified atom stereocenters. The smallest absolute Gasteiger partial charge is 0.269 e. The molecule has 8 heteroatoms. The van der Waals surface area contributed by atoms with Gasteiger partial charge in [0.1, 0.15) is 17.2 Å². The number of amides is 1. The number of benzene rings is 2. The summed E-state index contributed by atoms with van der Waals surface area (Å²) in [6.07, 6.45) is 2.05. The molecular weight excluding hydrogens is 448 g/mol. The van der Waals surface area contributed by atoms with Crippen LogP contribution in [0.1, 0.15) is 21.9 Å². The lowest BCUT2D eigenvalue weighted by molar-refractivity contribution is 0.0958. The van der Waals surface area contributed by atoms with Gasteiger partial charge in [-0.1, -0.05) is 33.2 Å². The van der Waals surface area contributed by atoms with Gasteiger partial charge in [-0.05, 0) is 48.0 Å². The zero-order valence-electron chi connectivity index (χ0n) is 16.0. The van der Waals surface area contributed by atoms with Crippen molar-refractivity contribution >= 4 is 21.8 Å². The molecule has 1 N–H and O–H groups in total. The molecule has 7 nitrogen and oxygen atoms in total. The van der Waals surface area contributed by atoms with Crippen LogP contribution in [0.3, 0.4) is 0 Å². The number of carbonyl (C=O) groups is 1. The molecule has 0 atom stereocenters. The summed E-state index contributed by atoms with van der Waals surface area (Å²) < 4.78 is 12.2. The van der Waals surface area contributed by atoms with E-state index in [1.165, 1.54) is 6.20 Å². The molecule has 0 aliphatic carbocycles. The van der Waals surface area contributed by atoms with Crippen molar-refractivity contribution in [3.05, 3.63) is 88.5 Å². The summed E-state index contributed by atoms with van der Waals surface area (Å²) in [5.41, 5.74) is 2.20. The molecule has 1 amide bonds. The van der Waals surface area contributed by atoms with Crippen LogP contribution >= 0.6 is 15.9 Å². The van der Waals surface area contributed by atoms with Crippen molar-refractivity contribution < 1.29 is 14.1 Å². The molecule has 2 aromatic carbocycles. The number of nitrogens with zero attached hydrogens (tertiary/aromatic N) is 3. The van der Waals surface area contributed by atoms with E-state index < -0.39 is 0 Å². The molecule has 0 aliphatic heterocycles. The van der Waals surface area contributed by atoms with E-state index in [4.69, 9.17) is 9.26 Å². The zero-order valence-corrected chi connectivity index (χ0v) is 17.6. The van der Waals surface area contributed by atoms with Crippen LogP contribution in [0.25, 0.3) is 11.4 Å². The molecule has 2 heterocycles. The first-order valence-corrected chi connectivity index (χ1v) is 9.93. The minimum atomic E-state index is -0.266. The average molecular weight is 465 g/mol. The van der Waals surface area contributed by atoms with Crippen LogP contribution in [0, 0.1) is 0 Å². The van der Waals surface area contributed by atoms with E-state index in [0.717, 1.165) is 15.6 Å². The van der Waals surface area contributed by atoms with Crippen molar-refractivity contribution in [3.8, 4) is 22.9 Å². The van der Waals surface area contributed by atoms with Gasteiger partial charge in [0, 0.05) is 29.3 Å². The third-order valence-corrected chi connectivity index (χ3v) is 4.80. The Morgan fingerprint density at radius 3 is 2.57 bits per heavy atom. The van der Waals surface area contributed by atoms with Crippen molar-refractivity contribution in [1.82, 2.24) is 20.4 Å². The van der Waals surface area contributed by atoms with Crippen molar-refractivity contribution in [2.45, 2.75) is 6.42 Å². The second-order valence-corrected chi connectivity index (χ2v) is 7.31. The summed E-state index contributed by atoms with van der Waals surface area (Å²) in [4.78, 5) is 20.2. The van der Waals surface area contributed by atoms with Gasteiger partial charge >= 0.3 is 0 Å². The zero-order chi connectivity index (χ0) is 20.9.